The van der Waals surface area contributed by atoms with E-state index in [-0.39, 0.29) is 5.91 Å². The van der Waals surface area contributed by atoms with Crippen LogP contribution < -0.4 is 0 Å². The fourth-order valence-corrected chi connectivity index (χ4v) is 3.93. The lowest BCUT2D eigenvalue weighted by molar-refractivity contribution is -0.134. The van der Waals surface area contributed by atoms with Crippen LogP contribution in [0.25, 0.3) is 0 Å². The number of hydrogen-bond acceptors (Lipinski definition) is 4. The van der Waals surface area contributed by atoms with Gasteiger partial charge in [-0.25, -0.2) is 0 Å². The molecule has 1 atom stereocenters. The molecule has 1 N–H and O–H groups in total. The van der Waals surface area contributed by atoms with Crippen molar-refractivity contribution in [2.24, 2.45) is 0 Å². The number of thioether (sulfide) groups is 1. The van der Waals surface area contributed by atoms with Crippen LogP contribution in [0, 0.1) is 0 Å². The number of likely N-dealkylation sites (tertiary alicyclic amines) is 1. The Morgan fingerprint density at radius 1 is 1.67 bits per heavy atom. The quantitative estimate of drug-likeness (QED) is 0.923. The van der Waals surface area contributed by atoms with E-state index in [1.165, 1.54) is 4.88 Å². The van der Waals surface area contributed by atoms with E-state index in [0.717, 1.165) is 25.1 Å². The predicted octanol–water partition coefficient (Wildman–Crippen LogP) is 2.35. The number of β-amino-alcohol motifs (C(OH)–C–C–N with tert-alkyl or cyclic N) is 1. The third-order valence-electron chi connectivity index (χ3n) is 3.08. The average Bonchev–Trinajstić information content (AvgIpc) is 2.80. The Hall–Kier alpha value is -0.520. The van der Waals surface area contributed by atoms with Gasteiger partial charge in [0, 0.05) is 23.7 Å². The van der Waals surface area contributed by atoms with Gasteiger partial charge in [0.1, 0.15) is 0 Å². The van der Waals surface area contributed by atoms with Crippen molar-refractivity contribution in [2.75, 3.05) is 18.8 Å². The highest BCUT2D eigenvalue weighted by molar-refractivity contribution is 7.99. The lowest BCUT2D eigenvalue weighted by atomic mass is 9.95. The highest BCUT2D eigenvalue weighted by Crippen LogP contribution is 2.22. The van der Waals surface area contributed by atoms with Crippen LogP contribution in [-0.2, 0) is 10.5 Å². The normalized spacial score (nSPS) is 24.2. The van der Waals surface area contributed by atoms with Crippen molar-refractivity contribution in [2.45, 2.75) is 31.1 Å². The molecule has 5 heteroatoms. The van der Waals surface area contributed by atoms with Crippen molar-refractivity contribution >= 4 is 29.0 Å². The largest absolute Gasteiger partial charge is 0.388 e. The molecule has 1 saturated heterocycles. The van der Waals surface area contributed by atoms with Gasteiger partial charge in [0.2, 0.25) is 5.91 Å². The second-order valence-corrected chi connectivity index (χ2v) is 7.01. The fraction of sp³-hybridized carbons (Fsp3) is 0.615. The molecule has 1 aliphatic heterocycles. The SMILES string of the molecule is CC1(O)CCCN(C(=O)CSCc2cccs2)C1. The molecule has 2 rings (SSSR count). The van der Waals surface area contributed by atoms with Crippen LogP contribution in [0.2, 0.25) is 0 Å². The van der Waals surface area contributed by atoms with Gasteiger partial charge in [0.05, 0.1) is 11.4 Å². The maximum atomic E-state index is 12.0. The summed E-state index contributed by atoms with van der Waals surface area (Å²) in [5, 5.41) is 12.0. The van der Waals surface area contributed by atoms with Gasteiger partial charge in [-0.05, 0) is 31.2 Å². The Labute approximate surface area is 116 Å². The lowest BCUT2D eigenvalue weighted by Crippen LogP contribution is -2.49. The Morgan fingerprint density at radius 3 is 3.17 bits per heavy atom. The van der Waals surface area contributed by atoms with E-state index >= 15 is 0 Å². The van der Waals surface area contributed by atoms with Crippen molar-refractivity contribution in [3.8, 4) is 0 Å². The molecule has 18 heavy (non-hydrogen) atoms. The first-order valence-electron chi connectivity index (χ1n) is 6.17. The summed E-state index contributed by atoms with van der Waals surface area (Å²) < 4.78 is 0. The summed E-state index contributed by atoms with van der Waals surface area (Å²) in [7, 11) is 0. The molecule has 0 bridgehead atoms. The van der Waals surface area contributed by atoms with E-state index in [2.05, 4.69) is 11.4 Å². The van der Waals surface area contributed by atoms with Crippen LogP contribution in [0.5, 0.6) is 0 Å². The molecule has 1 aliphatic rings. The molecule has 2 heterocycles. The van der Waals surface area contributed by atoms with Gasteiger partial charge in [0.25, 0.3) is 0 Å². The van der Waals surface area contributed by atoms with Gasteiger partial charge in [-0.2, -0.15) is 0 Å². The minimum Gasteiger partial charge on any atom is -0.388 e. The van der Waals surface area contributed by atoms with E-state index in [9.17, 15) is 9.90 Å². The summed E-state index contributed by atoms with van der Waals surface area (Å²) in [4.78, 5) is 15.1. The highest BCUT2D eigenvalue weighted by Gasteiger charge is 2.30. The van der Waals surface area contributed by atoms with Gasteiger partial charge in [-0.1, -0.05) is 6.07 Å². The first-order chi connectivity index (χ1) is 8.57. The highest BCUT2D eigenvalue weighted by atomic mass is 32.2. The Kier molecular flexibility index (Phi) is 4.70. The molecule has 0 aliphatic carbocycles. The summed E-state index contributed by atoms with van der Waals surface area (Å²) in [5.41, 5.74) is -0.702. The molecule has 1 aromatic heterocycles. The second kappa shape index (κ2) is 6.08. The summed E-state index contributed by atoms with van der Waals surface area (Å²) in [5.74, 6) is 1.55. The van der Waals surface area contributed by atoms with E-state index < -0.39 is 5.60 Å². The van der Waals surface area contributed by atoms with Crippen LogP contribution >= 0.6 is 23.1 Å². The minimum atomic E-state index is -0.702. The van der Waals surface area contributed by atoms with E-state index in [4.69, 9.17) is 0 Å². The molecule has 0 saturated carbocycles. The van der Waals surface area contributed by atoms with Crippen molar-refractivity contribution in [1.82, 2.24) is 4.90 Å². The molecule has 1 fully saturated rings. The smallest absolute Gasteiger partial charge is 0.232 e. The second-order valence-electron chi connectivity index (χ2n) is 4.99. The molecule has 0 spiro atoms. The average molecular weight is 285 g/mol. The van der Waals surface area contributed by atoms with Gasteiger partial charge < -0.3 is 10.0 Å². The number of carbonyl (C=O) groups excluding carboxylic acids is 1. The first kappa shape index (κ1) is 13.9. The van der Waals surface area contributed by atoms with E-state index in [1.807, 2.05) is 13.0 Å². The number of amides is 1. The zero-order valence-corrected chi connectivity index (χ0v) is 12.2. The number of aliphatic hydroxyl groups is 1. The molecule has 1 amide bonds. The van der Waals surface area contributed by atoms with Crippen molar-refractivity contribution in [1.29, 1.82) is 0 Å². The molecule has 0 aromatic carbocycles. The maximum Gasteiger partial charge on any atom is 0.232 e. The van der Waals surface area contributed by atoms with Crippen LogP contribution in [0.15, 0.2) is 17.5 Å². The maximum absolute atomic E-state index is 12.0. The molecular weight excluding hydrogens is 266 g/mol. The number of nitrogens with zero attached hydrogens (tertiary/aromatic N) is 1. The first-order valence-corrected chi connectivity index (χ1v) is 8.20. The van der Waals surface area contributed by atoms with E-state index in [0.29, 0.717) is 12.3 Å². The van der Waals surface area contributed by atoms with Crippen LogP contribution in [0.3, 0.4) is 0 Å². The molecule has 3 nitrogen and oxygen atoms in total. The fourth-order valence-electron chi connectivity index (χ4n) is 2.16. The molecule has 1 unspecified atom stereocenters. The monoisotopic (exact) mass is 285 g/mol. The Balaban J connectivity index is 1.74. The van der Waals surface area contributed by atoms with Crippen molar-refractivity contribution < 1.29 is 9.90 Å². The zero-order chi connectivity index (χ0) is 13.0. The van der Waals surface area contributed by atoms with Gasteiger partial charge in [0.15, 0.2) is 0 Å². The van der Waals surface area contributed by atoms with E-state index in [1.54, 1.807) is 28.0 Å². The molecule has 1 aromatic rings. The van der Waals surface area contributed by atoms with Crippen molar-refractivity contribution in [3.05, 3.63) is 22.4 Å². The number of carbonyl (C=O) groups is 1. The van der Waals surface area contributed by atoms with Crippen LogP contribution in [0.4, 0.5) is 0 Å². The summed E-state index contributed by atoms with van der Waals surface area (Å²) >= 11 is 3.37. The van der Waals surface area contributed by atoms with Crippen molar-refractivity contribution in [3.63, 3.8) is 0 Å². The summed E-state index contributed by atoms with van der Waals surface area (Å²) in [6, 6.07) is 4.12. The molecule has 0 radical (unpaired) electrons. The molecular formula is C13H19NO2S2. The lowest BCUT2D eigenvalue weighted by Gasteiger charge is -2.36. The minimum absolute atomic E-state index is 0.150. The third kappa shape index (κ3) is 4.00. The standard InChI is InChI=1S/C13H19NO2S2/c1-13(16)5-3-6-14(10-13)12(15)9-17-8-11-4-2-7-18-11/h2,4,7,16H,3,5-6,8-10H2,1H3. The predicted molar refractivity (Wildman–Crippen MR) is 76.9 cm³/mol. The Bertz CT molecular complexity index is 390. The summed E-state index contributed by atoms with van der Waals surface area (Å²) in [6.07, 6.45) is 1.69. The Morgan fingerprint density at radius 2 is 2.50 bits per heavy atom. The topological polar surface area (TPSA) is 40.5 Å². The third-order valence-corrected chi connectivity index (χ3v) is 5.10. The van der Waals surface area contributed by atoms with Crippen LogP contribution in [-0.4, -0.2) is 40.4 Å². The van der Waals surface area contributed by atoms with Gasteiger partial charge >= 0.3 is 0 Å². The van der Waals surface area contributed by atoms with Crippen LogP contribution in [0.1, 0.15) is 24.6 Å². The summed E-state index contributed by atoms with van der Waals surface area (Å²) in [6.45, 7) is 3.07. The van der Waals surface area contributed by atoms with Gasteiger partial charge in [-0.3, -0.25) is 4.79 Å². The number of thiophene rings is 1. The van der Waals surface area contributed by atoms with Gasteiger partial charge in [-0.15, -0.1) is 23.1 Å². The number of hydrogen-bond donors (Lipinski definition) is 1. The molecule has 100 valence electrons. The zero-order valence-electron chi connectivity index (χ0n) is 10.6. The number of piperidine rings is 1. The number of rotatable bonds is 4.